The van der Waals surface area contributed by atoms with Crippen molar-refractivity contribution >= 4 is 28.1 Å². The molecule has 1 heterocycles. The van der Waals surface area contributed by atoms with Gasteiger partial charge in [-0.2, -0.15) is 5.10 Å². The SMILES string of the molecule is CCOc1cc(C=NNC(=O)c2ccc(COc3ccccc3)o2)c(Br)cc1O. The Balaban J connectivity index is 1.58. The van der Waals surface area contributed by atoms with Gasteiger partial charge < -0.3 is 19.0 Å². The first-order chi connectivity index (χ1) is 14.1. The van der Waals surface area contributed by atoms with Crippen LogP contribution in [0.15, 0.2) is 68.6 Å². The van der Waals surface area contributed by atoms with Gasteiger partial charge in [-0.25, -0.2) is 5.43 Å². The second kappa shape index (κ2) is 9.79. The number of nitrogens with zero attached hydrogens (tertiary/aromatic N) is 1. The number of phenolic OH excluding ortho intramolecular Hbond substituents is 1. The molecule has 0 saturated carbocycles. The molecule has 0 saturated heterocycles. The average Bonchev–Trinajstić information content (AvgIpc) is 3.20. The Kier molecular flexibility index (Phi) is 6.91. The van der Waals surface area contributed by atoms with E-state index in [9.17, 15) is 9.90 Å². The predicted octanol–water partition coefficient (Wildman–Crippen LogP) is 4.49. The molecular formula is C21H19BrN2O5. The zero-order valence-electron chi connectivity index (χ0n) is 15.6. The highest BCUT2D eigenvalue weighted by atomic mass is 79.9. The third-order valence-electron chi connectivity index (χ3n) is 3.76. The number of amides is 1. The van der Waals surface area contributed by atoms with Gasteiger partial charge in [0.2, 0.25) is 0 Å². The normalized spacial score (nSPS) is 10.8. The van der Waals surface area contributed by atoms with Crippen molar-refractivity contribution < 1.29 is 23.8 Å². The third kappa shape index (κ3) is 5.61. The van der Waals surface area contributed by atoms with Gasteiger partial charge in [-0.15, -0.1) is 0 Å². The fourth-order valence-corrected chi connectivity index (χ4v) is 2.83. The first-order valence-electron chi connectivity index (χ1n) is 8.82. The Morgan fingerprint density at radius 2 is 2.00 bits per heavy atom. The van der Waals surface area contributed by atoms with Crippen molar-refractivity contribution in [1.82, 2.24) is 5.43 Å². The van der Waals surface area contributed by atoms with Gasteiger partial charge in [0.15, 0.2) is 17.3 Å². The van der Waals surface area contributed by atoms with Crippen molar-refractivity contribution in [1.29, 1.82) is 0 Å². The van der Waals surface area contributed by atoms with E-state index in [4.69, 9.17) is 13.9 Å². The lowest BCUT2D eigenvalue weighted by Crippen LogP contribution is -2.16. The molecule has 29 heavy (non-hydrogen) atoms. The minimum Gasteiger partial charge on any atom is -0.504 e. The van der Waals surface area contributed by atoms with E-state index in [2.05, 4.69) is 26.5 Å². The van der Waals surface area contributed by atoms with Crippen molar-refractivity contribution in [3.05, 3.63) is 76.2 Å². The summed E-state index contributed by atoms with van der Waals surface area (Å²) in [5.74, 6) is 1.20. The minimum atomic E-state index is -0.493. The summed E-state index contributed by atoms with van der Waals surface area (Å²) in [6, 6.07) is 15.7. The van der Waals surface area contributed by atoms with Gasteiger partial charge in [0, 0.05) is 10.0 Å². The summed E-state index contributed by atoms with van der Waals surface area (Å²) < 4.78 is 17.0. The molecule has 3 aromatic rings. The number of para-hydroxylation sites is 1. The lowest BCUT2D eigenvalue weighted by Gasteiger charge is -2.08. The number of halogens is 1. The predicted molar refractivity (Wildman–Crippen MR) is 112 cm³/mol. The maximum atomic E-state index is 12.2. The standard InChI is InChI=1S/C21H19BrN2O5/c1-2-27-20-10-14(17(22)11-18(20)25)12-23-24-21(26)19-9-8-16(29-19)13-28-15-6-4-3-5-7-15/h3-12,25H,2,13H2,1H3,(H,24,26). The molecule has 0 atom stereocenters. The number of hydrogen-bond acceptors (Lipinski definition) is 6. The van der Waals surface area contributed by atoms with Gasteiger partial charge in [0.25, 0.3) is 0 Å². The maximum absolute atomic E-state index is 12.2. The van der Waals surface area contributed by atoms with Crippen LogP contribution in [-0.4, -0.2) is 23.8 Å². The van der Waals surface area contributed by atoms with E-state index >= 15 is 0 Å². The maximum Gasteiger partial charge on any atom is 0.307 e. The molecule has 0 aliphatic rings. The Labute approximate surface area is 176 Å². The smallest absolute Gasteiger partial charge is 0.307 e. The molecule has 0 aliphatic heterocycles. The summed E-state index contributed by atoms with van der Waals surface area (Å²) in [6.45, 7) is 2.44. The average molecular weight is 459 g/mol. The Hall–Kier alpha value is -3.26. The van der Waals surface area contributed by atoms with Crippen LogP contribution in [-0.2, 0) is 6.61 Å². The number of carbonyl (C=O) groups is 1. The van der Waals surface area contributed by atoms with Crippen LogP contribution >= 0.6 is 15.9 Å². The highest BCUT2D eigenvalue weighted by Gasteiger charge is 2.11. The van der Waals surface area contributed by atoms with Crippen LogP contribution < -0.4 is 14.9 Å². The fourth-order valence-electron chi connectivity index (χ4n) is 2.39. The molecule has 0 spiro atoms. The monoisotopic (exact) mass is 458 g/mol. The van der Waals surface area contributed by atoms with Crippen molar-refractivity contribution in [3.63, 3.8) is 0 Å². The molecule has 1 amide bonds. The summed E-state index contributed by atoms with van der Waals surface area (Å²) in [6.07, 6.45) is 1.44. The van der Waals surface area contributed by atoms with Crippen molar-refractivity contribution in [2.24, 2.45) is 5.10 Å². The van der Waals surface area contributed by atoms with Crippen LogP contribution in [0.3, 0.4) is 0 Å². The zero-order valence-corrected chi connectivity index (χ0v) is 17.2. The number of nitrogens with one attached hydrogen (secondary N) is 1. The number of hydrazone groups is 1. The lowest BCUT2D eigenvalue weighted by molar-refractivity contribution is 0.0923. The number of benzene rings is 2. The molecule has 8 heteroatoms. The molecule has 150 valence electrons. The Morgan fingerprint density at radius 1 is 1.21 bits per heavy atom. The molecule has 2 aromatic carbocycles. The topological polar surface area (TPSA) is 93.3 Å². The summed E-state index contributed by atoms with van der Waals surface area (Å²) in [5.41, 5.74) is 3.03. The van der Waals surface area contributed by atoms with E-state index in [1.807, 2.05) is 37.3 Å². The molecule has 0 radical (unpaired) electrons. The van der Waals surface area contributed by atoms with E-state index in [0.717, 1.165) is 0 Å². The van der Waals surface area contributed by atoms with Gasteiger partial charge in [0.05, 0.1) is 12.8 Å². The minimum absolute atomic E-state index is 0.0146. The number of phenols is 1. The van der Waals surface area contributed by atoms with Gasteiger partial charge in [0.1, 0.15) is 18.1 Å². The molecule has 2 N–H and O–H groups in total. The molecule has 7 nitrogen and oxygen atoms in total. The van der Waals surface area contributed by atoms with Crippen molar-refractivity contribution in [2.45, 2.75) is 13.5 Å². The van der Waals surface area contributed by atoms with Crippen molar-refractivity contribution in [3.8, 4) is 17.2 Å². The molecule has 3 rings (SSSR count). The number of rotatable bonds is 8. The number of furan rings is 1. The molecule has 1 aromatic heterocycles. The second-order valence-electron chi connectivity index (χ2n) is 5.84. The largest absolute Gasteiger partial charge is 0.504 e. The Bertz CT molecular complexity index is 1000. The summed E-state index contributed by atoms with van der Waals surface area (Å²) in [7, 11) is 0. The molecular weight excluding hydrogens is 440 g/mol. The molecule has 0 fully saturated rings. The van der Waals surface area contributed by atoms with E-state index in [1.165, 1.54) is 12.3 Å². The quantitative estimate of drug-likeness (QED) is 0.383. The van der Waals surface area contributed by atoms with Gasteiger partial charge in [-0.1, -0.05) is 18.2 Å². The van der Waals surface area contributed by atoms with Gasteiger partial charge in [-0.05, 0) is 59.3 Å². The van der Waals surface area contributed by atoms with Crippen LogP contribution in [0.5, 0.6) is 17.2 Å². The zero-order chi connectivity index (χ0) is 20.6. The highest BCUT2D eigenvalue weighted by Crippen LogP contribution is 2.31. The first-order valence-corrected chi connectivity index (χ1v) is 9.61. The molecule has 0 aliphatic carbocycles. The van der Waals surface area contributed by atoms with Crippen LogP contribution in [0.2, 0.25) is 0 Å². The van der Waals surface area contributed by atoms with E-state index in [1.54, 1.807) is 18.2 Å². The van der Waals surface area contributed by atoms with Crippen LogP contribution in [0.25, 0.3) is 0 Å². The Morgan fingerprint density at radius 3 is 2.76 bits per heavy atom. The van der Waals surface area contributed by atoms with E-state index in [0.29, 0.717) is 33.9 Å². The molecule has 0 unspecified atom stereocenters. The third-order valence-corrected chi connectivity index (χ3v) is 4.44. The number of aromatic hydroxyl groups is 1. The van der Waals surface area contributed by atoms with Crippen LogP contribution in [0.4, 0.5) is 0 Å². The number of hydrogen-bond donors (Lipinski definition) is 2. The van der Waals surface area contributed by atoms with Crippen LogP contribution in [0.1, 0.15) is 28.8 Å². The van der Waals surface area contributed by atoms with Gasteiger partial charge in [-0.3, -0.25) is 4.79 Å². The first kappa shape index (κ1) is 20.5. The van der Waals surface area contributed by atoms with E-state index < -0.39 is 5.91 Å². The fraction of sp³-hybridized carbons (Fsp3) is 0.143. The summed E-state index contributed by atoms with van der Waals surface area (Å²) in [4.78, 5) is 12.2. The number of ether oxygens (including phenoxy) is 2. The summed E-state index contributed by atoms with van der Waals surface area (Å²) >= 11 is 3.33. The molecule has 0 bridgehead atoms. The summed E-state index contributed by atoms with van der Waals surface area (Å²) in [5, 5.41) is 13.8. The lowest BCUT2D eigenvalue weighted by atomic mass is 10.2. The second-order valence-corrected chi connectivity index (χ2v) is 6.70. The van der Waals surface area contributed by atoms with Gasteiger partial charge >= 0.3 is 5.91 Å². The van der Waals surface area contributed by atoms with Crippen LogP contribution in [0, 0.1) is 0 Å². The van der Waals surface area contributed by atoms with E-state index in [-0.39, 0.29) is 18.1 Å². The van der Waals surface area contributed by atoms with Crippen molar-refractivity contribution in [2.75, 3.05) is 6.61 Å². The highest BCUT2D eigenvalue weighted by molar-refractivity contribution is 9.10. The number of carbonyl (C=O) groups excluding carboxylic acids is 1.